The fourth-order valence-electron chi connectivity index (χ4n) is 3.48. The number of carbonyl (C=O) groups excluding carboxylic acids is 1. The van der Waals surface area contributed by atoms with Crippen molar-refractivity contribution in [2.24, 2.45) is 18.7 Å². The second-order valence-corrected chi connectivity index (χ2v) is 6.84. The van der Waals surface area contributed by atoms with E-state index in [1.165, 1.54) is 6.20 Å². The van der Waals surface area contributed by atoms with Crippen LogP contribution in [-0.4, -0.2) is 45.1 Å². The highest BCUT2D eigenvalue weighted by Gasteiger charge is 2.22. The lowest BCUT2D eigenvalue weighted by molar-refractivity contribution is 0.0995. The van der Waals surface area contributed by atoms with E-state index in [1.807, 2.05) is 17.8 Å². The number of pyridine rings is 1. The number of aromatic nitrogens is 4. The van der Waals surface area contributed by atoms with Gasteiger partial charge in [0, 0.05) is 38.6 Å². The predicted molar refractivity (Wildman–Crippen MR) is 102 cm³/mol. The minimum absolute atomic E-state index is 0.220. The van der Waals surface area contributed by atoms with Crippen LogP contribution in [0.1, 0.15) is 23.3 Å². The number of carbonyl (C=O) groups is 1. The van der Waals surface area contributed by atoms with E-state index >= 15 is 0 Å². The van der Waals surface area contributed by atoms with Crippen LogP contribution in [-0.2, 0) is 7.05 Å². The van der Waals surface area contributed by atoms with Crippen molar-refractivity contribution in [2.45, 2.75) is 12.8 Å². The van der Waals surface area contributed by atoms with E-state index in [2.05, 4.69) is 25.9 Å². The van der Waals surface area contributed by atoms with Gasteiger partial charge in [0.1, 0.15) is 29.2 Å². The number of aryl methyl sites for hydroxylation is 1. The summed E-state index contributed by atoms with van der Waals surface area (Å²) >= 11 is 0. The van der Waals surface area contributed by atoms with Crippen LogP contribution >= 0.6 is 0 Å². The number of fused-ring (bicyclic) bond motifs is 1. The monoisotopic (exact) mass is 366 g/mol. The molecule has 0 saturated carbocycles. The lowest BCUT2D eigenvalue weighted by Crippen LogP contribution is -2.36. The van der Waals surface area contributed by atoms with Crippen molar-refractivity contribution in [1.82, 2.24) is 19.5 Å². The fraction of sp³-hybridized carbons (Fsp3) is 0.368. The average molecular weight is 366 g/mol. The van der Waals surface area contributed by atoms with Crippen molar-refractivity contribution < 1.29 is 9.53 Å². The first-order valence-electron chi connectivity index (χ1n) is 9.01. The average Bonchev–Trinajstić information content (AvgIpc) is 3.08. The number of anilines is 1. The summed E-state index contributed by atoms with van der Waals surface area (Å²) in [4.78, 5) is 26.3. The summed E-state index contributed by atoms with van der Waals surface area (Å²) in [6.45, 7) is 2.47. The zero-order chi connectivity index (χ0) is 18.8. The molecule has 0 bridgehead atoms. The lowest BCUT2D eigenvalue weighted by atomic mass is 9.97. The fourth-order valence-corrected chi connectivity index (χ4v) is 3.48. The van der Waals surface area contributed by atoms with Crippen molar-refractivity contribution in [3.63, 3.8) is 0 Å². The third kappa shape index (κ3) is 3.55. The molecule has 3 aromatic rings. The van der Waals surface area contributed by atoms with Crippen molar-refractivity contribution in [3.8, 4) is 5.75 Å². The third-order valence-corrected chi connectivity index (χ3v) is 5.02. The second kappa shape index (κ2) is 7.22. The first kappa shape index (κ1) is 17.3. The van der Waals surface area contributed by atoms with Gasteiger partial charge in [0.2, 0.25) is 0 Å². The standard InChI is InChI=1S/C19H22N6O2/c1-24-7-5-15-18(24)22-12-23-19(15)25-8-3-13(4-9-25)11-27-14-2-6-21-16(10-14)17(20)26/h2,5-7,10,12-13H,3-4,8-9,11H2,1H3,(H2,20,26). The number of hydrogen-bond donors (Lipinski definition) is 1. The number of piperidine rings is 1. The number of hydrogen-bond acceptors (Lipinski definition) is 6. The molecule has 0 aromatic carbocycles. The van der Waals surface area contributed by atoms with Gasteiger partial charge in [-0.05, 0) is 30.9 Å². The first-order chi connectivity index (χ1) is 13.1. The van der Waals surface area contributed by atoms with E-state index in [9.17, 15) is 4.79 Å². The molecule has 1 fully saturated rings. The van der Waals surface area contributed by atoms with Gasteiger partial charge < -0.3 is 19.9 Å². The first-order valence-corrected chi connectivity index (χ1v) is 9.01. The van der Waals surface area contributed by atoms with Crippen LogP contribution < -0.4 is 15.4 Å². The Hall–Kier alpha value is -3.16. The summed E-state index contributed by atoms with van der Waals surface area (Å²) in [5.41, 5.74) is 6.43. The van der Waals surface area contributed by atoms with Crippen molar-refractivity contribution >= 4 is 22.8 Å². The second-order valence-electron chi connectivity index (χ2n) is 6.84. The van der Waals surface area contributed by atoms with E-state index < -0.39 is 5.91 Å². The minimum atomic E-state index is -0.550. The molecule has 0 spiro atoms. The molecule has 0 radical (unpaired) electrons. The number of primary amides is 1. The summed E-state index contributed by atoms with van der Waals surface area (Å²) in [7, 11) is 1.99. The van der Waals surface area contributed by atoms with Crippen LogP contribution in [0.4, 0.5) is 5.82 Å². The largest absolute Gasteiger partial charge is 0.493 e. The molecule has 0 aliphatic carbocycles. The number of ether oxygens (including phenoxy) is 1. The van der Waals surface area contributed by atoms with E-state index in [4.69, 9.17) is 10.5 Å². The Morgan fingerprint density at radius 2 is 2.07 bits per heavy atom. The number of amides is 1. The molecule has 140 valence electrons. The van der Waals surface area contributed by atoms with Gasteiger partial charge in [0.15, 0.2) is 0 Å². The van der Waals surface area contributed by atoms with Crippen molar-refractivity contribution in [2.75, 3.05) is 24.6 Å². The van der Waals surface area contributed by atoms with Gasteiger partial charge in [0.25, 0.3) is 5.91 Å². The molecule has 1 aliphatic heterocycles. The minimum Gasteiger partial charge on any atom is -0.493 e. The summed E-state index contributed by atoms with van der Waals surface area (Å²) in [5, 5.41) is 1.09. The Kier molecular flexibility index (Phi) is 4.62. The molecular weight excluding hydrogens is 344 g/mol. The molecule has 27 heavy (non-hydrogen) atoms. The van der Waals surface area contributed by atoms with Gasteiger partial charge in [-0.15, -0.1) is 0 Å². The Labute approximate surface area is 157 Å². The van der Waals surface area contributed by atoms with E-state index in [1.54, 1.807) is 18.5 Å². The number of nitrogens with zero attached hydrogens (tertiary/aromatic N) is 5. The smallest absolute Gasteiger partial charge is 0.267 e. The normalized spacial score (nSPS) is 15.2. The van der Waals surface area contributed by atoms with Crippen molar-refractivity contribution in [1.29, 1.82) is 0 Å². The lowest BCUT2D eigenvalue weighted by Gasteiger charge is -2.32. The Balaban J connectivity index is 1.36. The maximum absolute atomic E-state index is 11.2. The molecule has 4 heterocycles. The zero-order valence-electron chi connectivity index (χ0n) is 15.2. The molecular formula is C19H22N6O2. The Bertz CT molecular complexity index is 962. The predicted octanol–water partition coefficient (Wildman–Crippen LogP) is 1.76. The van der Waals surface area contributed by atoms with Crippen LogP contribution in [0.5, 0.6) is 5.75 Å². The van der Waals surface area contributed by atoms with Crippen LogP contribution in [0, 0.1) is 5.92 Å². The molecule has 1 saturated heterocycles. The SMILES string of the molecule is Cn1ccc2c(N3CCC(COc4ccnc(C(N)=O)c4)CC3)ncnc21. The third-order valence-electron chi connectivity index (χ3n) is 5.02. The maximum Gasteiger partial charge on any atom is 0.267 e. The Morgan fingerprint density at radius 1 is 1.26 bits per heavy atom. The van der Waals surface area contributed by atoms with Gasteiger partial charge in [0.05, 0.1) is 12.0 Å². The van der Waals surface area contributed by atoms with Crippen LogP contribution in [0.25, 0.3) is 11.0 Å². The molecule has 8 nitrogen and oxygen atoms in total. The number of nitrogens with two attached hydrogens (primary N) is 1. The summed E-state index contributed by atoms with van der Waals surface area (Å²) in [5.74, 6) is 1.54. The quantitative estimate of drug-likeness (QED) is 0.739. The van der Waals surface area contributed by atoms with Gasteiger partial charge in [-0.2, -0.15) is 0 Å². The molecule has 2 N–H and O–H groups in total. The number of rotatable bonds is 5. The topological polar surface area (TPSA) is 99.2 Å². The molecule has 1 aliphatic rings. The molecule has 0 atom stereocenters. The Morgan fingerprint density at radius 3 is 2.85 bits per heavy atom. The molecule has 8 heteroatoms. The maximum atomic E-state index is 11.2. The van der Waals surface area contributed by atoms with Crippen LogP contribution in [0.3, 0.4) is 0 Å². The van der Waals surface area contributed by atoms with Gasteiger partial charge in [-0.1, -0.05) is 0 Å². The van der Waals surface area contributed by atoms with Crippen molar-refractivity contribution in [3.05, 3.63) is 42.6 Å². The molecule has 1 amide bonds. The van der Waals surface area contributed by atoms with Gasteiger partial charge >= 0.3 is 0 Å². The summed E-state index contributed by atoms with van der Waals surface area (Å²) in [6, 6.07) is 5.40. The van der Waals surface area contributed by atoms with Crippen LogP contribution in [0.2, 0.25) is 0 Å². The molecule has 0 unspecified atom stereocenters. The van der Waals surface area contributed by atoms with Gasteiger partial charge in [-0.3, -0.25) is 9.78 Å². The highest BCUT2D eigenvalue weighted by Crippen LogP contribution is 2.28. The highest BCUT2D eigenvalue weighted by atomic mass is 16.5. The molecule has 4 rings (SSSR count). The van der Waals surface area contributed by atoms with Crippen LogP contribution in [0.15, 0.2) is 36.9 Å². The van der Waals surface area contributed by atoms with E-state index in [0.717, 1.165) is 42.8 Å². The highest BCUT2D eigenvalue weighted by molar-refractivity contribution is 5.91. The summed E-state index contributed by atoms with van der Waals surface area (Å²) < 4.78 is 7.87. The van der Waals surface area contributed by atoms with E-state index in [-0.39, 0.29) is 5.69 Å². The molecule has 3 aromatic heterocycles. The zero-order valence-corrected chi connectivity index (χ0v) is 15.2. The summed E-state index contributed by atoms with van der Waals surface area (Å²) in [6.07, 6.45) is 7.22. The van der Waals surface area contributed by atoms with Gasteiger partial charge in [-0.25, -0.2) is 9.97 Å². The van der Waals surface area contributed by atoms with E-state index in [0.29, 0.717) is 18.3 Å².